The van der Waals surface area contributed by atoms with Crippen molar-refractivity contribution >= 4 is 23.1 Å². The molecule has 6 heteroatoms. The number of nitrogens with one attached hydrogen (secondary N) is 2. The molecule has 0 bridgehead atoms. The molecule has 28 heavy (non-hydrogen) atoms. The summed E-state index contributed by atoms with van der Waals surface area (Å²) in [6.07, 6.45) is 2.34. The highest BCUT2D eigenvalue weighted by Gasteiger charge is 2.14. The summed E-state index contributed by atoms with van der Waals surface area (Å²) in [5.41, 5.74) is 4.18. The van der Waals surface area contributed by atoms with Crippen LogP contribution in [-0.2, 0) is 0 Å². The minimum Gasteiger partial charge on any atom is -0.496 e. The average molecular weight is 372 g/mol. The van der Waals surface area contributed by atoms with Crippen molar-refractivity contribution in [2.24, 2.45) is 0 Å². The Morgan fingerprint density at radius 2 is 1.93 bits per heavy atom. The molecule has 0 saturated carbocycles. The second-order valence-corrected chi connectivity index (χ2v) is 6.52. The molecule has 0 aliphatic heterocycles. The van der Waals surface area contributed by atoms with Gasteiger partial charge in [0.05, 0.1) is 18.2 Å². The lowest BCUT2D eigenvalue weighted by molar-refractivity contribution is 0.112. The summed E-state index contributed by atoms with van der Waals surface area (Å²) < 4.78 is 5.46. The number of aromatic nitrogens is 3. The zero-order chi connectivity index (χ0) is 19.5. The number of H-pyrrole nitrogens is 1. The van der Waals surface area contributed by atoms with Gasteiger partial charge in [0.1, 0.15) is 29.8 Å². The van der Waals surface area contributed by atoms with Crippen LogP contribution in [0.4, 0.5) is 5.82 Å². The lowest BCUT2D eigenvalue weighted by Crippen LogP contribution is -2.08. The van der Waals surface area contributed by atoms with Crippen molar-refractivity contribution in [1.29, 1.82) is 0 Å². The van der Waals surface area contributed by atoms with Crippen LogP contribution in [0.15, 0.2) is 60.9 Å². The van der Waals surface area contributed by atoms with E-state index in [1.165, 1.54) is 11.9 Å². The molecule has 0 unspecified atom stereocenters. The number of anilines is 1. The summed E-state index contributed by atoms with van der Waals surface area (Å²) in [6.45, 7) is 2.10. The number of nitrogens with zero attached hydrogens (tertiary/aromatic N) is 2. The van der Waals surface area contributed by atoms with Crippen molar-refractivity contribution in [3.8, 4) is 17.0 Å². The van der Waals surface area contributed by atoms with E-state index in [4.69, 9.17) is 4.74 Å². The molecule has 6 nitrogen and oxygen atoms in total. The molecule has 2 heterocycles. The lowest BCUT2D eigenvalue weighted by Gasteiger charge is -2.15. The Kier molecular flexibility index (Phi) is 4.76. The first-order valence-corrected chi connectivity index (χ1v) is 8.98. The number of hydrogen-bond acceptors (Lipinski definition) is 5. The van der Waals surface area contributed by atoms with Gasteiger partial charge >= 0.3 is 0 Å². The summed E-state index contributed by atoms with van der Waals surface area (Å²) in [5.74, 6) is 1.38. The van der Waals surface area contributed by atoms with Gasteiger partial charge in [0.25, 0.3) is 0 Å². The molecular weight excluding hydrogens is 352 g/mol. The molecule has 0 spiro atoms. The number of benzene rings is 2. The van der Waals surface area contributed by atoms with Crippen molar-refractivity contribution < 1.29 is 9.53 Å². The second kappa shape index (κ2) is 7.52. The van der Waals surface area contributed by atoms with Crippen LogP contribution in [0.25, 0.3) is 22.3 Å². The van der Waals surface area contributed by atoms with E-state index < -0.39 is 0 Å². The van der Waals surface area contributed by atoms with E-state index >= 15 is 0 Å². The van der Waals surface area contributed by atoms with Gasteiger partial charge in [-0.05, 0) is 30.7 Å². The van der Waals surface area contributed by atoms with E-state index in [0.717, 1.165) is 34.4 Å². The topological polar surface area (TPSA) is 79.9 Å². The predicted octanol–water partition coefficient (Wildman–Crippen LogP) is 4.62. The minimum absolute atomic E-state index is 0.0964. The summed E-state index contributed by atoms with van der Waals surface area (Å²) in [4.78, 5) is 23.1. The summed E-state index contributed by atoms with van der Waals surface area (Å²) >= 11 is 0. The zero-order valence-electron chi connectivity index (χ0n) is 15.6. The second-order valence-electron chi connectivity index (χ2n) is 6.52. The van der Waals surface area contributed by atoms with E-state index in [1.807, 2.05) is 30.3 Å². The van der Waals surface area contributed by atoms with Crippen molar-refractivity contribution in [1.82, 2.24) is 15.0 Å². The molecule has 2 N–H and O–H groups in total. The highest BCUT2D eigenvalue weighted by molar-refractivity contribution is 5.92. The van der Waals surface area contributed by atoms with Gasteiger partial charge in [0.15, 0.2) is 0 Å². The monoisotopic (exact) mass is 372 g/mol. The van der Waals surface area contributed by atoms with Crippen molar-refractivity contribution in [3.05, 3.63) is 72.1 Å². The van der Waals surface area contributed by atoms with E-state index in [9.17, 15) is 4.79 Å². The predicted molar refractivity (Wildman–Crippen MR) is 110 cm³/mol. The van der Waals surface area contributed by atoms with Crippen LogP contribution in [0.2, 0.25) is 0 Å². The van der Waals surface area contributed by atoms with E-state index in [2.05, 4.69) is 39.3 Å². The number of carbonyl (C=O) groups is 1. The third kappa shape index (κ3) is 3.32. The van der Waals surface area contributed by atoms with Gasteiger partial charge in [-0.1, -0.05) is 36.4 Å². The van der Waals surface area contributed by atoms with Gasteiger partial charge in [0.2, 0.25) is 0 Å². The molecule has 4 aromatic rings. The fraction of sp³-hybridized carbons (Fsp3) is 0.136. The number of carbonyl (C=O) groups excluding carboxylic acids is 1. The lowest BCUT2D eigenvalue weighted by atomic mass is 10.1. The van der Waals surface area contributed by atoms with Crippen LogP contribution < -0.4 is 10.1 Å². The Morgan fingerprint density at radius 1 is 1.11 bits per heavy atom. The summed E-state index contributed by atoms with van der Waals surface area (Å²) in [7, 11) is 1.59. The van der Waals surface area contributed by atoms with E-state index in [-0.39, 0.29) is 6.04 Å². The molecule has 4 rings (SSSR count). The standard InChI is InChI=1S/C22H20N4O2/c1-14(16-6-4-3-5-7-16)25-21-18-11-19(26-22(18)24-13-23-21)17-9-8-15(12-27)10-20(17)28-2/h3-14H,1-2H3,(H2,23,24,25,26)/t14-/m1/s1. The van der Waals surface area contributed by atoms with Gasteiger partial charge in [-0.2, -0.15) is 0 Å². The molecule has 0 fully saturated rings. The first-order valence-electron chi connectivity index (χ1n) is 8.98. The normalized spacial score (nSPS) is 11.9. The molecule has 0 aliphatic rings. The Bertz CT molecular complexity index is 1120. The van der Waals surface area contributed by atoms with Crippen LogP contribution in [0.1, 0.15) is 28.9 Å². The summed E-state index contributed by atoms with van der Waals surface area (Å²) in [6, 6.07) is 17.6. The maximum atomic E-state index is 11.0. The number of ether oxygens (including phenoxy) is 1. The molecule has 2 aromatic heterocycles. The largest absolute Gasteiger partial charge is 0.496 e. The van der Waals surface area contributed by atoms with Crippen LogP contribution in [0, 0.1) is 0 Å². The number of rotatable bonds is 6. The van der Waals surface area contributed by atoms with Crippen LogP contribution in [0.3, 0.4) is 0 Å². The highest BCUT2D eigenvalue weighted by atomic mass is 16.5. The van der Waals surface area contributed by atoms with E-state index in [1.54, 1.807) is 19.2 Å². The van der Waals surface area contributed by atoms with Gasteiger partial charge in [-0.15, -0.1) is 0 Å². The average Bonchev–Trinajstić information content (AvgIpc) is 3.19. The molecule has 140 valence electrons. The third-order valence-corrected chi connectivity index (χ3v) is 4.73. The van der Waals surface area contributed by atoms with Crippen molar-refractivity contribution in [2.75, 3.05) is 12.4 Å². The van der Waals surface area contributed by atoms with Gasteiger partial charge in [-0.3, -0.25) is 4.79 Å². The maximum Gasteiger partial charge on any atom is 0.150 e. The van der Waals surface area contributed by atoms with Crippen LogP contribution in [-0.4, -0.2) is 28.3 Å². The van der Waals surface area contributed by atoms with Crippen molar-refractivity contribution in [3.63, 3.8) is 0 Å². The van der Waals surface area contributed by atoms with Crippen LogP contribution in [0.5, 0.6) is 5.75 Å². The molecule has 0 radical (unpaired) electrons. The maximum absolute atomic E-state index is 11.0. The molecule has 1 atom stereocenters. The van der Waals surface area contributed by atoms with Crippen LogP contribution >= 0.6 is 0 Å². The van der Waals surface area contributed by atoms with E-state index in [0.29, 0.717) is 11.3 Å². The Balaban J connectivity index is 1.73. The highest BCUT2D eigenvalue weighted by Crippen LogP contribution is 2.34. The fourth-order valence-corrected chi connectivity index (χ4v) is 3.23. The SMILES string of the molecule is COc1cc(C=O)ccc1-c1cc2c(N[C@H](C)c3ccccc3)ncnc2[nH]1. The van der Waals surface area contributed by atoms with Gasteiger partial charge in [-0.25, -0.2) is 9.97 Å². The van der Waals surface area contributed by atoms with Crippen molar-refractivity contribution in [2.45, 2.75) is 13.0 Å². The minimum atomic E-state index is 0.0964. The quantitative estimate of drug-likeness (QED) is 0.483. The first kappa shape index (κ1) is 17.7. The Hall–Kier alpha value is -3.67. The van der Waals surface area contributed by atoms with Gasteiger partial charge in [0, 0.05) is 17.2 Å². The first-order chi connectivity index (χ1) is 13.7. The number of fused-ring (bicyclic) bond motifs is 1. The molecule has 2 aromatic carbocycles. The molecular formula is C22H20N4O2. The number of methoxy groups -OCH3 is 1. The number of hydrogen-bond donors (Lipinski definition) is 2. The fourth-order valence-electron chi connectivity index (χ4n) is 3.23. The number of aromatic amines is 1. The molecule has 0 aliphatic carbocycles. The number of aldehydes is 1. The summed E-state index contributed by atoms with van der Waals surface area (Å²) in [5, 5.41) is 4.35. The third-order valence-electron chi connectivity index (χ3n) is 4.73. The Labute approximate surface area is 162 Å². The zero-order valence-corrected chi connectivity index (χ0v) is 15.6. The molecule has 0 amide bonds. The Morgan fingerprint density at radius 3 is 2.68 bits per heavy atom. The van der Waals surface area contributed by atoms with Gasteiger partial charge < -0.3 is 15.0 Å². The smallest absolute Gasteiger partial charge is 0.150 e. The molecule has 0 saturated heterocycles.